The summed E-state index contributed by atoms with van der Waals surface area (Å²) >= 11 is 0. The molecule has 0 aliphatic carbocycles. The average molecular weight is 864 g/mol. The summed E-state index contributed by atoms with van der Waals surface area (Å²) < 4.78 is 0. The summed E-state index contributed by atoms with van der Waals surface area (Å²) in [6, 6.07) is 70.7. The second kappa shape index (κ2) is 15.4. The largest absolute Gasteiger partial charge is 0.311 e. The van der Waals surface area contributed by atoms with Crippen LogP contribution in [0, 0.1) is 0 Å². The number of benzene rings is 9. The quantitative estimate of drug-likeness (QED) is 0.161. The van der Waals surface area contributed by atoms with Crippen LogP contribution in [0.15, 0.2) is 194 Å². The zero-order valence-corrected chi connectivity index (χ0v) is 38.8. The van der Waals surface area contributed by atoms with Gasteiger partial charge in [-0.05, 0) is 108 Å². The number of nitrogens with zero attached hydrogens (tertiary/aromatic N) is 5. The maximum Gasteiger partial charge on any atom is 0.253 e. The SMILES string of the molecule is CC(C)(C)c1ccc(N2c3cc(-c4nc(-c5ccccc5)nc(-c5ccccc5)n4)cc4c3B(c3c2ccc2ccccc32)c2c(ccc3ccccc23)N4c2ccc(C(C)(C)C)cc2)cc1. The number of anilines is 6. The Morgan fingerprint density at radius 1 is 0.343 bits per heavy atom. The molecule has 6 heteroatoms. The topological polar surface area (TPSA) is 45.2 Å². The van der Waals surface area contributed by atoms with Crippen LogP contribution in [0.2, 0.25) is 0 Å². The first-order chi connectivity index (χ1) is 32.5. The molecule has 0 amide bonds. The van der Waals surface area contributed by atoms with Crippen LogP contribution in [0.5, 0.6) is 0 Å². The highest BCUT2D eigenvalue weighted by Gasteiger charge is 2.45. The van der Waals surface area contributed by atoms with E-state index in [9.17, 15) is 0 Å². The third-order valence-electron chi connectivity index (χ3n) is 13.8. The lowest BCUT2D eigenvalue weighted by molar-refractivity contribution is 0.590. The summed E-state index contributed by atoms with van der Waals surface area (Å²) in [5.41, 5.74) is 15.9. The van der Waals surface area contributed by atoms with E-state index in [1.54, 1.807) is 0 Å². The van der Waals surface area contributed by atoms with Crippen molar-refractivity contribution in [2.75, 3.05) is 9.80 Å². The van der Waals surface area contributed by atoms with Gasteiger partial charge in [0.25, 0.3) is 6.71 Å². The third-order valence-corrected chi connectivity index (χ3v) is 13.8. The van der Waals surface area contributed by atoms with E-state index >= 15 is 0 Å². The monoisotopic (exact) mass is 863 g/mol. The van der Waals surface area contributed by atoms with Gasteiger partial charge in [-0.3, -0.25) is 0 Å². The van der Waals surface area contributed by atoms with Gasteiger partial charge in [-0.25, -0.2) is 15.0 Å². The van der Waals surface area contributed by atoms with Crippen molar-refractivity contribution in [3.8, 4) is 34.2 Å². The van der Waals surface area contributed by atoms with Crippen molar-refractivity contribution in [1.29, 1.82) is 0 Å². The molecular formula is C61H50BN5. The Labute approximate surface area is 393 Å². The Hall–Kier alpha value is -7.83. The molecular weight excluding hydrogens is 814 g/mol. The van der Waals surface area contributed by atoms with Crippen molar-refractivity contribution in [2.45, 2.75) is 52.4 Å². The van der Waals surface area contributed by atoms with E-state index < -0.39 is 0 Å². The van der Waals surface area contributed by atoms with Crippen LogP contribution in [0.25, 0.3) is 55.7 Å². The van der Waals surface area contributed by atoms with E-state index in [2.05, 4.69) is 209 Å². The Balaban J connectivity index is 1.22. The zero-order chi connectivity index (χ0) is 45.6. The van der Waals surface area contributed by atoms with Gasteiger partial charge >= 0.3 is 0 Å². The van der Waals surface area contributed by atoms with E-state index in [-0.39, 0.29) is 17.5 Å². The van der Waals surface area contributed by atoms with Crippen LogP contribution in [0.4, 0.5) is 34.1 Å². The maximum atomic E-state index is 5.34. The fraction of sp³-hybridized carbons (Fsp3) is 0.131. The summed E-state index contributed by atoms with van der Waals surface area (Å²) in [7, 11) is 0. The van der Waals surface area contributed by atoms with E-state index in [0.29, 0.717) is 17.5 Å². The average Bonchev–Trinajstić information content (AvgIpc) is 3.35. The summed E-state index contributed by atoms with van der Waals surface area (Å²) in [6.07, 6.45) is 0. The molecule has 10 aromatic rings. The van der Waals surface area contributed by atoms with Crippen LogP contribution in [-0.4, -0.2) is 21.7 Å². The molecule has 0 fully saturated rings. The zero-order valence-electron chi connectivity index (χ0n) is 38.8. The minimum absolute atomic E-state index is 0.00186. The van der Waals surface area contributed by atoms with Gasteiger partial charge in [0, 0.05) is 50.8 Å². The maximum absolute atomic E-state index is 5.34. The third kappa shape index (κ3) is 6.81. The molecule has 5 nitrogen and oxygen atoms in total. The van der Waals surface area contributed by atoms with Gasteiger partial charge < -0.3 is 9.80 Å². The lowest BCUT2D eigenvalue weighted by atomic mass is 9.32. The molecule has 2 aliphatic rings. The Bertz CT molecular complexity index is 3310. The smallest absolute Gasteiger partial charge is 0.253 e. The fourth-order valence-electron chi connectivity index (χ4n) is 10.4. The Morgan fingerprint density at radius 3 is 1.12 bits per heavy atom. The first kappa shape index (κ1) is 40.7. The lowest BCUT2D eigenvalue weighted by Gasteiger charge is -2.45. The van der Waals surface area contributed by atoms with Crippen molar-refractivity contribution < 1.29 is 0 Å². The standard InChI is InChI=1S/C61H50BN5/c1-60(2,3)44-27-31-46(32-28-44)66-50-35-25-39-17-13-15-23-48(39)54(50)62-55-49-24-16-14-18-40(49)26-36-51(55)67(47-33-29-45(30-34-47)61(4,5)6)53-38-43(37-52(66)56(53)62)59-64-57(41-19-9-7-10-20-41)63-58(65-59)42-21-11-8-12-22-42/h7-38H,1-6H3. The van der Waals surface area contributed by atoms with Gasteiger partial charge in [0.15, 0.2) is 17.5 Å². The molecule has 9 aromatic carbocycles. The molecule has 0 saturated heterocycles. The van der Waals surface area contributed by atoms with E-state index in [4.69, 9.17) is 15.0 Å². The number of hydrogen-bond acceptors (Lipinski definition) is 5. The number of hydrogen-bond donors (Lipinski definition) is 0. The minimum Gasteiger partial charge on any atom is -0.311 e. The molecule has 322 valence electrons. The summed E-state index contributed by atoms with van der Waals surface area (Å²) in [5, 5.41) is 4.95. The van der Waals surface area contributed by atoms with Gasteiger partial charge in [-0.15, -0.1) is 0 Å². The molecule has 3 heterocycles. The highest BCUT2D eigenvalue weighted by molar-refractivity contribution is 7.02. The van der Waals surface area contributed by atoms with Crippen LogP contribution in [-0.2, 0) is 10.8 Å². The number of rotatable bonds is 5. The first-order valence-corrected chi connectivity index (χ1v) is 23.4. The van der Waals surface area contributed by atoms with Gasteiger partial charge in [0.2, 0.25) is 0 Å². The van der Waals surface area contributed by atoms with Crippen molar-refractivity contribution in [1.82, 2.24) is 15.0 Å². The van der Waals surface area contributed by atoms with Crippen LogP contribution in [0.3, 0.4) is 0 Å². The normalized spacial score (nSPS) is 13.1. The van der Waals surface area contributed by atoms with Gasteiger partial charge in [0.1, 0.15) is 0 Å². The van der Waals surface area contributed by atoms with E-state index in [1.165, 1.54) is 49.1 Å². The molecule has 0 unspecified atom stereocenters. The molecule has 0 N–H and O–H groups in total. The molecule has 12 rings (SSSR count). The van der Waals surface area contributed by atoms with Crippen molar-refractivity contribution >= 4 is 78.8 Å². The van der Waals surface area contributed by atoms with Crippen LogP contribution in [0.1, 0.15) is 52.7 Å². The molecule has 67 heavy (non-hydrogen) atoms. The van der Waals surface area contributed by atoms with Gasteiger partial charge in [-0.2, -0.15) is 0 Å². The molecule has 0 spiro atoms. The predicted molar refractivity (Wildman–Crippen MR) is 283 cm³/mol. The number of aromatic nitrogens is 3. The Morgan fingerprint density at radius 2 is 0.716 bits per heavy atom. The van der Waals surface area contributed by atoms with Crippen LogP contribution < -0.4 is 26.2 Å². The molecule has 0 radical (unpaired) electrons. The summed E-state index contributed by atoms with van der Waals surface area (Å²) in [4.78, 5) is 20.8. The molecule has 1 aromatic heterocycles. The van der Waals surface area contributed by atoms with Crippen LogP contribution >= 0.6 is 0 Å². The highest BCUT2D eigenvalue weighted by Crippen LogP contribution is 2.48. The Kier molecular flexibility index (Phi) is 9.34. The highest BCUT2D eigenvalue weighted by atomic mass is 15.2. The summed E-state index contributed by atoms with van der Waals surface area (Å²) in [6.45, 7) is 13.6. The summed E-state index contributed by atoms with van der Waals surface area (Å²) in [5.74, 6) is 1.88. The fourth-order valence-corrected chi connectivity index (χ4v) is 10.4. The molecule has 2 aliphatic heterocycles. The van der Waals surface area contributed by atoms with Gasteiger partial charge in [-0.1, -0.05) is 187 Å². The first-order valence-electron chi connectivity index (χ1n) is 23.4. The molecule has 0 saturated carbocycles. The van der Waals surface area contributed by atoms with Crippen molar-refractivity contribution in [3.05, 3.63) is 205 Å². The second-order valence-corrected chi connectivity index (χ2v) is 20.1. The lowest BCUT2D eigenvalue weighted by Crippen LogP contribution is -2.61. The molecule has 0 bridgehead atoms. The minimum atomic E-state index is -0.102. The van der Waals surface area contributed by atoms with Crippen molar-refractivity contribution in [3.63, 3.8) is 0 Å². The number of fused-ring (bicyclic) bond motifs is 8. The van der Waals surface area contributed by atoms with E-state index in [1.807, 2.05) is 36.4 Å². The predicted octanol–water partition coefficient (Wildman–Crippen LogP) is 13.9. The van der Waals surface area contributed by atoms with Crippen molar-refractivity contribution in [2.24, 2.45) is 0 Å². The molecule has 0 atom stereocenters. The van der Waals surface area contributed by atoms with Gasteiger partial charge in [0.05, 0.1) is 0 Å². The van der Waals surface area contributed by atoms with E-state index in [0.717, 1.165) is 50.8 Å². The second-order valence-electron chi connectivity index (χ2n) is 20.1.